The molecule has 0 saturated carbocycles. The minimum Gasteiger partial charge on any atom is -0.310 e. The quantitative estimate of drug-likeness (QED) is 0.147. The number of nitrogens with zero attached hydrogens (tertiary/aromatic N) is 1. The van der Waals surface area contributed by atoms with Crippen molar-refractivity contribution < 1.29 is 0 Å². The van der Waals surface area contributed by atoms with Crippen molar-refractivity contribution in [1.82, 2.24) is 0 Å². The second-order valence-corrected chi connectivity index (χ2v) is 15.3. The van der Waals surface area contributed by atoms with Gasteiger partial charge in [-0.3, -0.25) is 0 Å². The minimum atomic E-state index is 1.09. The lowest BCUT2D eigenvalue weighted by atomic mass is 9.92. The largest absolute Gasteiger partial charge is 0.310 e. The van der Waals surface area contributed by atoms with Gasteiger partial charge in [-0.15, -0.1) is 0 Å². The highest BCUT2D eigenvalue weighted by Crippen LogP contribution is 2.45. The summed E-state index contributed by atoms with van der Waals surface area (Å²) in [6.45, 7) is 0. The lowest BCUT2D eigenvalue weighted by Gasteiger charge is -2.29. The fourth-order valence-electron chi connectivity index (χ4n) is 8.80. The minimum absolute atomic E-state index is 1.09. The first kappa shape index (κ1) is 34.5. The Hall–Kier alpha value is -7.74. The lowest BCUT2D eigenvalue weighted by Crippen LogP contribution is -2.11. The third kappa shape index (κ3) is 6.40. The van der Waals surface area contributed by atoms with Crippen LogP contribution in [0.1, 0.15) is 0 Å². The zero-order valence-electron chi connectivity index (χ0n) is 32.5. The van der Waals surface area contributed by atoms with Crippen molar-refractivity contribution in [3.8, 4) is 44.5 Å². The molecule has 0 radical (unpaired) electrons. The van der Waals surface area contributed by atoms with Gasteiger partial charge in [-0.2, -0.15) is 0 Å². The van der Waals surface area contributed by atoms with Crippen LogP contribution in [0, 0.1) is 0 Å². The molecule has 0 N–H and O–H groups in total. The molecule has 0 spiro atoms. The van der Waals surface area contributed by atoms with E-state index < -0.39 is 0 Å². The van der Waals surface area contributed by atoms with Gasteiger partial charge in [0.2, 0.25) is 0 Å². The first-order valence-corrected chi connectivity index (χ1v) is 20.3. The van der Waals surface area contributed by atoms with E-state index in [2.05, 4.69) is 241 Å². The fourth-order valence-corrected chi connectivity index (χ4v) is 8.80. The average molecular weight is 750 g/mol. The second kappa shape index (κ2) is 14.6. The Kier molecular flexibility index (Phi) is 8.56. The summed E-state index contributed by atoms with van der Waals surface area (Å²) in [5, 5.41) is 10.0. The van der Waals surface area contributed by atoms with E-state index in [0.29, 0.717) is 0 Å². The Morgan fingerprint density at radius 1 is 0.220 bits per heavy atom. The molecule has 0 aromatic heterocycles. The van der Waals surface area contributed by atoms with Crippen LogP contribution in [0.3, 0.4) is 0 Å². The Bertz CT molecular complexity index is 3210. The van der Waals surface area contributed by atoms with Gasteiger partial charge < -0.3 is 4.90 Å². The highest BCUT2D eigenvalue weighted by Gasteiger charge is 2.20. The van der Waals surface area contributed by atoms with Gasteiger partial charge in [0, 0.05) is 16.9 Å². The van der Waals surface area contributed by atoms with Gasteiger partial charge in [-0.25, -0.2) is 0 Å². The third-order valence-electron chi connectivity index (χ3n) is 11.8. The molecule has 0 saturated heterocycles. The van der Waals surface area contributed by atoms with Gasteiger partial charge in [0.15, 0.2) is 0 Å². The summed E-state index contributed by atoms with van der Waals surface area (Å²) in [4.78, 5) is 2.42. The van der Waals surface area contributed by atoms with Crippen molar-refractivity contribution >= 4 is 60.2 Å². The van der Waals surface area contributed by atoms with E-state index in [1.807, 2.05) is 0 Å². The average Bonchev–Trinajstić information content (AvgIpc) is 3.32. The monoisotopic (exact) mass is 749 g/mol. The van der Waals surface area contributed by atoms with Crippen LogP contribution < -0.4 is 4.90 Å². The molecule has 11 rings (SSSR count). The zero-order chi connectivity index (χ0) is 39.1. The first-order valence-electron chi connectivity index (χ1n) is 20.3. The highest BCUT2D eigenvalue weighted by atomic mass is 15.1. The van der Waals surface area contributed by atoms with Crippen molar-refractivity contribution in [3.63, 3.8) is 0 Å². The van der Waals surface area contributed by atoms with E-state index >= 15 is 0 Å². The number of benzene rings is 11. The molecule has 0 bridgehead atoms. The molecule has 11 aromatic rings. The van der Waals surface area contributed by atoms with Gasteiger partial charge in [-0.05, 0) is 131 Å². The smallest absolute Gasteiger partial charge is 0.0540 e. The van der Waals surface area contributed by atoms with Crippen molar-refractivity contribution in [2.45, 2.75) is 0 Å². The van der Waals surface area contributed by atoms with E-state index in [4.69, 9.17) is 0 Å². The molecule has 0 fully saturated rings. The Morgan fingerprint density at radius 2 is 0.627 bits per heavy atom. The van der Waals surface area contributed by atoms with Crippen LogP contribution in [0.5, 0.6) is 0 Å². The highest BCUT2D eigenvalue weighted by molar-refractivity contribution is 6.10. The Balaban J connectivity index is 1.12. The third-order valence-corrected chi connectivity index (χ3v) is 11.8. The summed E-state index contributed by atoms with van der Waals surface area (Å²) >= 11 is 0. The fraction of sp³-hybridized carbons (Fsp3) is 0. The molecule has 0 atom stereocenters. The molecule has 1 nitrogen and oxygen atoms in total. The lowest BCUT2D eigenvalue weighted by molar-refractivity contribution is 1.28. The standard InChI is InChI=1S/C58H39N/c1-3-11-40(12-4-1)42-25-31-51(32-26-42)59(52-33-27-43(28-34-52)41-13-5-2-6-14-41)58-36-30-48(47-29-35-55-49(37-47)23-21-44-15-7-9-17-53(44)55)38-57(58)50-24-22-46-20-19-45-16-8-10-18-54(45)56(46)39-50/h1-39H. The van der Waals surface area contributed by atoms with Crippen LogP contribution in [-0.2, 0) is 0 Å². The molecule has 11 aromatic carbocycles. The summed E-state index contributed by atoms with van der Waals surface area (Å²) in [6, 6.07) is 86.4. The topological polar surface area (TPSA) is 3.24 Å². The van der Waals surface area contributed by atoms with Crippen LogP contribution in [-0.4, -0.2) is 0 Å². The summed E-state index contributed by atoms with van der Waals surface area (Å²) in [7, 11) is 0. The Labute approximate surface area is 344 Å². The number of anilines is 3. The molecular weight excluding hydrogens is 711 g/mol. The molecule has 0 aliphatic heterocycles. The van der Waals surface area contributed by atoms with Gasteiger partial charge in [-0.1, -0.05) is 188 Å². The maximum Gasteiger partial charge on any atom is 0.0540 e. The summed E-state index contributed by atoms with van der Waals surface area (Å²) in [5.74, 6) is 0. The number of rotatable bonds is 7. The van der Waals surface area contributed by atoms with Gasteiger partial charge in [0.25, 0.3) is 0 Å². The van der Waals surface area contributed by atoms with Crippen LogP contribution in [0.2, 0.25) is 0 Å². The van der Waals surface area contributed by atoms with E-state index in [1.165, 1.54) is 82.0 Å². The molecule has 0 aliphatic rings. The van der Waals surface area contributed by atoms with Crippen molar-refractivity contribution in [3.05, 3.63) is 237 Å². The molecule has 0 amide bonds. The van der Waals surface area contributed by atoms with Gasteiger partial charge in [0.05, 0.1) is 5.69 Å². The number of hydrogen-bond acceptors (Lipinski definition) is 1. The van der Waals surface area contributed by atoms with Crippen LogP contribution in [0.4, 0.5) is 17.1 Å². The van der Waals surface area contributed by atoms with Crippen LogP contribution in [0.15, 0.2) is 237 Å². The van der Waals surface area contributed by atoms with Crippen LogP contribution in [0.25, 0.3) is 87.6 Å². The second-order valence-electron chi connectivity index (χ2n) is 15.3. The summed E-state index contributed by atoms with van der Waals surface area (Å²) in [6.07, 6.45) is 0. The first-order chi connectivity index (χ1) is 29.2. The molecule has 276 valence electrons. The summed E-state index contributed by atoms with van der Waals surface area (Å²) in [5.41, 5.74) is 12.8. The van der Waals surface area contributed by atoms with E-state index in [-0.39, 0.29) is 0 Å². The maximum absolute atomic E-state index is 2.42. The molecule has 0 aliphatic carbocycles. The van der Waals surface area contributed by atoms with E-state index in [1.54, 1.807) is 0 Å². The molecule has 0 heterocycles. The maximum atomic E-state index is 2.42. The number of fused-ring (bicyclic) bond motifs is 6. The van der Waals surface area contributed by atoms with E-state index in [0.717, 1.165) is 22.6 Å². The van der Waals surface area contributed by atoms with Crippen LogP contribution >= 0.6 is 0 Å². The normalized spacial score (nSPS) is 11.4. The van der Waals surface area contributed by atoms with Crippen molar-refractivity contribution in [1.29, 1.82) is 0 Å². The zero-order valence-corrected chi connectivity index (χ0v) is 32.5. The predicted molar refractivity (Wildman–Crippen MR) is 253 cm³/mol. The SMILES string of the molecule is c1ccc(-c2ccc(N(c3ccc(-c4ccccc4)cc3)c3ccc(-c4ccc5c(ccc6ccccc65)c4)cc3-c3ccc4ccc5ccccc5c4c3)cc2)cc1. The summed E-state index contributed by atoms with van der Waals surface area (Å²) < 4.78 is 0. The molecule has 0 unspecified atom stereocenters. The molecule has 59 heavy (non-hydrogen) atoms. The van der Waals surface area contributed by atoms with Gasteiger partial charge in [0.1, 0.15) is 0 Å². The predicted octanol–water partition coefficient (Wildman–Crippen LogP) is 16.4. The number of hydrogen-bond donors (Lipinski definition) is 0. The van der Waals surface area contributed by atoms with Gasteiger partial charge >= 0.3 is 0 Å². The molecular formula is C58H39N. The van der Waals surface area contributed by atoms with Crippen molar-refractivity contribution in [2.24, 2.45) is 0 Å². The van der Waals surface area contributed by atoms with E-state index in [9.17, 15) is 0 Å². The molecule has 1 heteroatoms. The van der Waals surface area contributed by atoms with Crippen molar-refractivity contribution in [2.75, 3.05) is 4.90 Å². The Morgan fingerprint density at radius 3 is 1.24 bits per heavy atom.